The highest BCUT2D eigenvalue weighted by Crippen LogP contribution is 2.04. The van der Waals surface area contributed by atoms with Gasteiger partial charge in [-0.2, -0.15) is 0 Å². The molecule has 0 spiro atoms. The first-order valence-electron chi connectivity index (χ1n) is 4.19. The summed E-state index contributed by atoms with van der Waals surface area (Å²) in [5.41, 5.74) is 0. The third kappa shape index (κ3) is 1.68. The molecule has 0 unspecified atom stereocenters. The van der Waals surface area contributed by atoms with Crippen molar-refractivity contribution in [1.82, 2.24) is 9.80 Å². The molecule has 0 aromatic rings. The second-order valence-corrected chi connectivity index (χ2v) is 2.86. The van der Waals surface area contributed by atoms with Gasteiger partial charge in [0.1, 0.15) is 0 Å². The van der Waals surface area contributed by atoms with Gasteiger partial charge in [0.15, 0.2) is 0 Å². The zero-order valence-electron chi connectivity index (χ0n) is 7.74. The van der Waals surface area contributed by atoms with Crippen molar-refractivity contribution in [2.24, 2.45) is 0 Å². The zero-order valence-corrected chi connectivity index (χ0v) is 7.74. The molecule has 0 radical (unpaired) electrons. The molecule has 72 valence electrons. The minimum absolute atomic E-state index is 0.313. The van der Waals surface area contributed by atoms with Crippen LogP contribution in [0.5, 0.6) is 0 Å². The minimum atomic E-state index is -0.708. The lowest BCUT2D eigenvalue weighted by Crippen LogP contribution is -2.55. The smallest absolute Gasteiger partial charge is 0.318 e. The van der Waals surface area contributed by atoms with Crippen LogP contribution in [0.2, 0.25) is 0 Å². The normalized spacial score (nSPS) is 18.0. The Kier molecular flexibility index (Phi) is 2.65. The number of carbonyl (C=O) groups excluding carboxylic acids is 3. The summed E-state index contributed by atoms with van der Waals surface area (Å²) >= 11 is 0. The van der Waals surface area contributed by atoms with E-state index in [1.165, 1.54) is 11.8 Å². The van der Waals surface area contributed by atoms with Crippen LogP contribution < -0.4 is 0 Å². The molecule has 1 heterocycles. The number of likely N-dealkylation sites (N-methyl/N-ethyl adjacent to an activating group) is 1. The first-order chi connectivity index (χ1) is 6.07. The molecule has 13 heavy (non-hydrogen) atoms. The Labute approximate surface area is 76.3 Å². The van der Waals surface area contributed by atoms with Gasteiger partial charge >= 0.3 is 11.8 Å². The predicted octanol–water partition coefficient (Wildman–Crippen LogP) is -0.776. The van der Waals surface area contributed by atoms with Crippen LogP contribution in [0.4, 0.5) is 0 Å². The molecule has 1 aliphatic rings. The maximum atomic E-state index is 11.3. The minimum Gasteiger partial charge on any atom is -0.333 e. The van der Waals surface area contributed by atoms with Gasteiger partial charge in [-0.1, -0.05) is 0 Å². The summed E-state index contributed by atoms with van der Waals surface area (Å²) in [7, 11) is 0. The summed E-state index contributed by atoms with van der Waals surface area (Å²) in [6.45, 7) is 4.35. The molecule has 1 fully saturated rings. The SMILES string of the molecule is CCN1CCN(C(C)=O)C(=O)C1=O. The molecule has 1 saturated heterocycles. The van der Waals surface area contributed by atoms with Gasteiger partial charge in [0, 0.05) is 26.6 Å². The Morgan fingerprint density at radius 1 is 1.31 bits per heavy atom. The van der Waals surface area contributed by atoms with Gasteiger partial charge in [-0.25, -0.2) is 0 Å². The molecular weight excluding hydrogens is 172 g/mol. The zero-order chi connectivity index (χ0) is 10.0. The highest BCUT2D eigenvalue weighted by molar-refractivity contribution is 6.38. The number of nitrogens with zero attached hydrogens (tertiary/aromatic N) is 2. The highest BCUT2D eigenvalue weighted by atomic mass is 16.2. The van der Waals surface area contributed by atoms with E-state index in [0.717, 1.165) is 4.90 Å². The van der Waals surface area contributed by atoms with Crippen molar-refractivity contribution in [3.63, 3.8) is 0 Å². The van der Waals surface area contributed by atoms with E-state index in [0.29, 0.717) is 19.6 Å². The van der Waals surface area contributed by atoms with Gasteiger partial charge in [-0.05, 0) is 6.92 Å². The maximum Gasteiger partial charge on any atom is 0.318 e. The average Bonchev–Trinajstić information content (AvgIpc) is 2.09. The van der Waals surface area contributed by atoms with E-state index in [1.54, 1.807) is 6.92 Å². The molecule has 0 bridgehead atoms. The van der Waals surface area contributed by atoms with E-state index in [2.05, 4.69) is 0 Å². The quantitative estimate of drug-likeness (QED) is 0.502. The molecular formula is C8H12N2O3. The summed E-state index contributed by atoms with van der Waals surface area (Å²) in [6.07, 6.45) is 0. The van der Waals surface area contributed by atoms with Gasteiger partial charge in [-0.3, -0.25) is 19.3 Å². The third-order valence-corrected chi connectivity index (χ3v) is 2.07. The van der Waals surface area contributed by atoms with Crippen LogP contribution in [-0.4, -0.2) is 47.2 Å². The molecule has 0 N–H and O–H groups in total. The van der Waals surface area contributed by atoms with Crippen LogP contribution in [-0.2, 0) is 14.4 Å². The van der Waals surface area contributed by atoms with Crippen LogP contribution in [0.15, 0.2) is 0 Å². The second kappa shape index (κ2) is 3.55. The molecule has 5 nitrogen and oxygen atoms in total. The van der Waals surface area contributed by atoms with Crippen molar-refractivity contribution < 1.29 is 14.4 Å². The van der Waals surface area contributed by atoms with Crippen LogP contribution in [0.1, 0.15) is 13.8 Å². The van der Waals surface area contributed by atoms with Gasteiger partial charge in [0.25, 0.3) is 0 Å². The molecule has 0 aliphatic carbocycles. The fraction of sp³-hybridized carbons (Fsp3) is 0.625. The number of amides is 3. The van der Waals surface area contributed by atoms with Gasteiger partial charge in [0.2, 0.25) is 5.91 Å². The Bertz CT molecular complexity index is 262. The first-order valence-corrected chi connectivity index (χ1v) is 4.19. The molecule has 1 aliphatic heterocycles. The van der Waals surface area contributed by atoms with E-state index in [-0.39, 0.29) is 5.91 Å². The third-order valence-electron chi connectivity index (χ3n) is 2.07. The molecule has 0 aromatic heterocycles. The summed E-state index contributed by atoms with van der Waals surface area (Å²) in [4.78, 5) is 35.8. The van der Waals surface area contributed by atoms with Crippen molar-refractivity contribution in [3.8, 4) is 0 Å². The monoisotopic (exact) mass is 184 g/mol. The van der Waals surface area contributed by atoms with E-state index < -0.39 is 11.8 Å². The van der Waals surface area contributed by atoms with Crippen LogP contribution in [0.25, 0.3) is 0 Å². The van der Waals surface area contributed by atoms with Crippen LogP contribution in [0, 0.1) is 0 Å². The first kappa shape index (κ1) is 9.70. The van der Waals surface area contributed by atoms with Crippen molar-refractivity contribution in [2.45, 2.75) is 13.8 Å². The number of rotatable bonds is 1. The predicted molar refractivity (Wildman–Crippen MR) is 44.6 cm³/mol. The summed E-state index contributed by atoms with van der Waals surface area (Å²) in [5.74, 6) is -1.65. The fourth-order valence-electron chi connectivity index (χ4n) is 1.28. The number of carbonyl (C=O) groups is 3. The molecule has 0 aromatic carbocycles. The lowest BCUT2D eigenvalue weighted by molar-refractivity contribution is -0.160. The lowest BCUT2D eigenvalue weighted by atomic mass is 10.3. The van der Waals surface area contributed by atoms with Gasteiger partial charge in [-0.15, -0.1) is 0 Å². The van der Waals surface area contributed by atoms with E-state index in [1.807, 2.05) is 0 Å². The Morgan fingerprint density at radius 3 is 2.38 bits per heavy atom. The van der Waals surface area contributed by atoms with Crippen molar-refractivity contribution in [1.29, 1.82) is 0 Å². The van der Waals surface area contributed by atoms with Crippen LogP contribution in [0.3, 0.4) is 0 Å². The van der Waals surface area contributed by atoms with E-state index >= 15 is 0 Å². The molecule has 0 atom stereocenters. The topological polar surface area (TPSA) is 57.7 Å². The van der Waals surface area contributed by atoms with Crippen molar-refractivity contribution in [3.05, 3.63) is 0 Å². The maximum absolute atomic E-state index is 11.3. The van der Waals surface area contributed by atoms with Gasteiger partial charge < -0.3 is 4.90 Å². The summed E-state index contributed by atoms with van der Waals surface area (Å²) < 4.78 is 0. The Balaban J connectivity index is 2.76. The largest absolute Gasteiger partial charge is 0.333 e. The van der Waals surface area contributed by atoms with Crippen molar-refractivity contribution in [2.75, 3.05) is 19.6 Å². The lowest BCUT2D eigenvalue weighted by Gasteiger charge is -2.31. The standard InChI is InChI=1S/C8H12N2O3/c1-3-9-4-5-10(6(2)11)8(13)7(9)12/h3-5H2,1-2H3. The molecule has 5 heteroatoms. The van der Waals surface area contributed by atoms with E-state index in [4.69, 9.17) is 0 Å². The van der Waals surface area contributed by atoms with E-state index in [9.17, 15) is 14.4 Å². The Hall–Kier alpha value is -1.39. The van der Waals surface area contributed by atoms with Crippen LogP contribution >= 0.6 is 0 Å². The molecule has 3 amide bonds. The fourth-order valence-corrected chi connectivity index (χ4v) is 1.28. The highest BCUT2D eigenvalue weighted by Gasteiger charge is 2.33. The number of hydrogen-bond acceptors (Lipinski definition) is 3. The summed E-state index contributed by atoms with van der Waals surface area (Å²) in [5, 5.41) is 0. The van der Waals surface area contributed by atoms with Gasteiger partial charge in [0.05, 0.1) is 0 Å². The molecule has 1 rings (SSSR count). The number of piperazine rings is 1. The average molecular weight is 184 g/mol. The second-order valence-electron chi connectivity index (χ2n) is 2.86. The summed E-state index contributed by atoms with van der Waals surface area (Å²) in [6, 6.07) is 0. The van der Waals surface area contributed by atoms with Crippen molar-refractivity contribution >= 4 is 17.7 Å². The number of hydrogen-bond donors (Lipinski definition) is 0. The Morgan fingerprint density at radius 2 is 1.92 bits per heavy atom. The molecule has 0 saturated carbocycles. The number of imide groups is 1.